The number of hydrogen-bond donors (Lipinski definition) is 3. The van der Waals surface area contributed by atoms with Crippen molar-refractivity contribution < 1.29 is 10.0 Å². The number of anilines is 1. The average Bonchev–Trinajstić information content (AvgIpc) is 2.34. The Labute approximate surface area is 106 Å². The second-order valence-electron chi connectivity index (χ2n) is 4.61. The lowest BCUT2D eigenvalue weighted by Gasteiger charge is -2.24. The van der Waals surface area contributed by atoms with Gasteiger partial charge < -0.3 is 16.3 Å². The van der Waals surface area contributed by atoms with Crippen molar-refractivity contribution in [1.82, 2.24) is 0 Å². The van der Waals surface area contributed by atoms with Crippen LogP contribution in [0.4, 0.5) is 5.69 Å². The van der Waals surface area contributed by atoms with Crippen LogP contribution in [0.2, 0.25) is 0 Å². The maximum absolute atomic E-state index is 11.7. The van der Waals surface area contributed by atoms with E-state index in [0.717, 1.165) is 18.5 Å². The van der Waals surface area contributed by atoms with Crippen molar-refractivity contribution in [3.8, 4) is 0 Å². The molecule has 1 fully saturated rings. The van der Waals surface area contributed by atoms with E-state index in [1.165, 1.54) is 6.42 Å². The summed E-state index contributed by atoms with van der Waals surface area (Å²) in [6.07, 6.45) is 4.17. The Morgan fingerprint density at radius 2 is 2.06 bits per heavy atom. The van der Waals surface area contributed by atoms with Crippen molar-refractivity contribution in [1.29, 1.82) is 0 Å². The number of amides is 1. The van der Waals surface area contributed by atoms with E-state index in [-0.39, 0.29) is 11.7 Å². The number of benzene rings is 1. The lowest BCUT2D eigenvalue weighted by Crippen LogP contribution is -2.21. The Hall–Kier alpha value is -2.04. The van der Waals surface area contributed by atoms with Crippen molar-refractivity contribution in [3.05, 3.63) is 29.8 Å². The number of amidine groups is 1. The van der Waals surface area contributed by atoms with E-state index in [0.29, 0.717) is 17.9 Å². The summed E-state index contributed by atoms with van der Waals surface area (Å²) >= 11 is 0. The summed E-state index contributed by atoms with van der Waals surface area (Å²) in [5.41, 5.74) is 6.80. The van der Waals surface area contributed by atoms with E-state index in [2.05, 4.69) is 10.5 Å². The average molecular weight is 247 g/mol. The lowest BCUT2D eigenvalue weighted by atomic mass is 9.83. The van der Waals surface area contributed by atoms with Crippen molar-refractivity contribution in [2.75, 3.05) is 5.32 Å². The van der Waals surface area contributed by atoms with Crippen LogP contribution in [0.25, 0.3) is 0 Å². The smallest absolute Gasteiger partial charge is 0.224 e. The SMILES string of the molecule is N/C(=N/O)c1ccc(NC(=O)CC2CCC2)cc1. The molecule has 1 aliphatic carbocycles. The summed E-state index contributed by atoms with van der Waals surface area (Å²) < 4.78 is 0. The summed E-state index contributed by atoms with van der Waals surface area (Å²) in [5.74, 6) is 0.667. The highest BCUT2D eigenvalue weighted by atomic mass is 16.4. The maximum Gasteiger partial charge on any atom is 0.224 e. The van der Waals surface area contributed by atoms with Crippen LogP contribution in [0.5, 0.6) is 0 Å². The van der Waals surface area contributed by atoms with Gasteiger partial charge in [0.05, 0.1) is 0 Å². The quantitative estimate of drug-likeness (QED) is 0.328. The van der Waals surface area contributed by atoms with Gasteiger partial charge in [-0.2, -0.15) is 0 Å². The molecule has 1 aromatic carbocycles. The van der Waals surface area contributed by atoms with Crippen LogP contribution in [-0.4, -0.2) is 17.0 Å². The minimum absolute atomic E-state index is 0.0521. The van der Waals surface area contributed by atoms with Gasteiger partial charge in [0, 0.05) is 17.7 Å². The molecule has 0 spiro atoms. The van der Waals surface area contributed by atoms with Gasteiger partial charge in [0.15, 0.2) is 5.84 Å². The van der Waals surface area contributed by atoms with Gasteiger partial charge in [-0.1, -0.05) is 11.6 Å². The Morgan fingerprint density at radius 3 is 2.56 bits per heavy atom. The Morgan fingerprint density at radius 1 is 1.39 bits per heavy atom. The first-order chi connectivity index (χ1) is 8.69. The van der Waals surface area contributed by atoms with Gasteiger partial charge in [-0.15, -0.1) is 0 Å². The van der Waals surface area contributed by atoms with Gasteiger partial charge in [0.25, 0.3) is 0 Å². The fourth-order valence-corrected chi connectivity index (χ4v) is 1.95. The van der Waals surface area contributed by atoms with Gasteiger partial charge in [-0.25, -0.2) is 0 Å². The topological polar surface area (TPSA) is 87.7 Å². The number of oxime groups is 1. The molecule has 1 amide bonds. The van der Waals surface area contributed by atoms with Gasteiger partial charge in [-0.3, -0.25) is 4.79 Å². The molecule has 0 aliphatic heterocycles. The maximum atomic E-state index is 11.7. The molecule has 1 saturated carbocycles. The summed E-state index contributed by atoms with van der Waals surface area (Å²) in [4.78, 5) is 11.7. The molecule has 18 heavy (non-hydrogen) atoms. The molecule has 96 valence electrons. The molecule has 4 N–H and O–H groups in total. The number of nitrogens with zero attached hydrogens (tertiary/aromatic N) is 1. The molecule has 0 heterocycles. The third-order valence-electron chi connectivity index (χ3n) is 3.27. The zero-order chi connectivity index (χ0) is 13.0. The molecule has 1 aliphatic rings. The number of hydrogen-bond acceptors (Lipinski definition) is 3. The van der Waals surface area contributed by atoms with Crippen LogP contribution in [0, 0.1) is 5.92 Å². The van der Waals surface area contributed by atoms with E-state index in [4.69, 9.17) is 10.9 Å². The summed E-state index contributed by atoms with van der Waals surface area (Å²) in [7, 11) is 0. The van der Waals surface area contributed by atoms with Gasteiger partial charge >= 0.3 is 0 Å². The zero-order valence-electron chi connectivity index (χ0n) is 10.1. The van der Waals surface area contributed by atoms with Crippen molar-refractivity contribution >= 4 is 17.4 Å². The van der Waals surface area contributed by atoms with E-state index in [9.17, 15) is 4.79 Å². The molecule has 5 nitrogen and oxygen atoms in total. The summed E-state index contributed by atoms with van der Waals surface area (Å²) in [6.45, 7) is 0. The van der Waals surface area contributed by atoms with Crippen LogP contribution >= 0.6 is 0 Å². The minimum Gasteiger partial charge on any atom is -0.409 e. The molecule has 0 saturated heterocycles. The molecule has 0 aromatic heterocycles. The van der Waals surface area contributed by atoms with E-state index in [1.807, 2.05) is 0 Å². The third kappa shape index (κ3) is 3.00. The second-order valence-corrected chi connectivity index (χ2v) is 4.61. The molecular formula is C13H17N3O2. The van der Waals surface area contributed by atoms with Crippen LogP contribution in [0.1, 0.15) is 31.2 Å². The van der Waals surface area contributed by atoms with Crippen LogP contribution < -0.4 is 11.1 Å². The largest absolute Gasteiger partial charge is 0.409 e. The Bertz CT molecular complexity index is 450. The predicted octanol–water partition coefficient (Wildman–Crippen LogP) is 1.91. The first kappa shape index (κ1) is 12.4. The molecule has 0 radical (unpaired) electrons. The molecular weight excluding hydrogens is 230 g/mol. The molecule has 1 aromatic rings. The minimum atomic E-state index is 0.0521. The monoisotopic (exact) mass is 247 g/mol. The first-order valence-electron chi connectivity index (χ1n) is 6.07. The van der Waals surface area contributed by atoms with Crippen molar-refractivity contribution in [2.24, 2.45) is 16.8 Å². The lowest BCUT2D eigenvalue weighted by molar-refractivity contribution is -0.117. The number of nitrogens with one attached hydrogen (secondary N) is 1. The second kappa shape index (κ2) is 5.53. The van der Waals surface area contributed by atoms with Crippen molar-refractivity contribution in [2.45, 2.75) is 25.7 Å². The Balaban J connectivity index is 1.91. The van der Waals surface area contributed by atoms with Crippen molar-refractivity contribution in [3.63, 3.8) is 0 Å². The number of rotatable bonds is 4. The first-order valence-corrected chi connectivity index (χ1v) is 6.07. The fraction of sp³-hybridized carbons (Fsp3) is 0.385. The molecule has 5 heteroatoms. The number of carbonyl (C=O) groups is 1. The van der Waals surface area contributed by atoms with Crippen LogP contribution in [0.15, 0.2) is 29.4 Å². The van der Waals surface area contributed by atoms with Gasteiger partial charge in [0.2, 0.25) is 5.91 Å². The van der Waals surface area contributed by atoms with Gasteiger partial charge in [0.1, 0.15) is 0 Å². The molecule has 0 unspecified atom stereocenters. The highest BCUT2D eigenvalue weighted by molar-refractivity contribution is 5.98. The standard InChI is InChI=1S/C13H17N3O2/c14-13(16-18)10-4-6-11(7-5-10)15-12(17)8-9-2-1-3-9/h4-7,9,18H,1-3,8H2,(H2,14,16)(H,15,17). The predicted molar refractivity (Wildman–Crippen MR) is 69.5 cm³/mol. The highest BCUT2D eigenvalue weighted by Crippen LogP contribution is 2.29. The number of carbonyl (C=O) groups excluding carboxylic acids is 1. The van der Waals surface area contributed by atoms with E-state index >= 15 is 0 Å². The van der Waals surface area contributed by atoms with E-state index < -0.39 is 0 Å². The van der Waals surface area contributed by atoms with E-state index in [1.54, 1.807) is 24.3 Å². The third-order valence-corrected chi connectivity index (χ3v) is 3.27. The fourth-order valence-electron chi connectivity index (χ4n) is 1.95. The summed E-state index contributed by atoms with van der Waals surface area (Å²) in [5, 5.41) is 14.3. The highest BCUT2D eigenvalue weighted by Gasteiger charge is 2.20. The summed E-state index contributed by atoms with van der Waals surface area (Å²) in [6, 6.07) is 6.89. The molecule has 0 atom stereocenters. The normalized spacial score (nSPS) is 16.1. The molecule has 0 bridgehead atoms. The zero-order valence-corrected chi connectivity index (χ0v) is 10.1. The molecule has 2 rings (SSSR count). The van der Waals surface area contributed by atoms with Gasteiger partial charge in [-0.05, 0) is 43.0 Å². The van der Waals surface area contributed by atoms with Crippen LogP contribution in [-0.2, 0) is 4.79 Å². The Kier molecular flexibility index (Phi) is 3.82. The number of nitrogens with two attached hydrogens (primary N) is 1. The van der Waals surface area contributed by atoms with Crippen LogP contribution in [0.3, 0.4) is 0 Å².